The molecular formula is C15H20F2O3. The van der Waals surface area contributed by atoms with E-state index in [1.807, 2.05) is 0 Å². The van der Waals surface area contributed by atoms with Crippen molar-refractivity contribution in [2.24, 2.45) is 5.92 Å². The zero-order chi connectivity index (χ0) is 15.1. The second kappa shape index (κ2) is 7.94. The highest BCUT2D eigenvalue weighted by Gasteiger charge is 2.37. The molecule has 0 spiro atoms. The maximum absolute atomic E-state index is 12.9. The third-order valence-electron chi connectivity index (χ3n) is 3.23. The number of halogens is 2. The minimum absolute atomic E-state index is 0.293. The van der Waals surface area contributed by atoms with Crippen molar-refractivity contribution in [3.8, 4) is 0 Å². The predicted molar refractivity (Wildman–Crippen MR) is 71.5 cm³/mol. The molecule has 20 heavy (non-hydrogen) atoms. The number of benzene rings is 1. The smallest absolute Gasteiger partial charge is 0.317 e. The molecule has 5 heteroatoms. The van der Waals surface area contributed by atoms with Gasteiger partial charge < -0.3 is 9.84 Å². The Morgan fingerprint density at radius 1 is 1.30 bits per heavy atom. The van der Waals surface area contributed by atoms with E-state index in [1.165, 1.54) is 0 Å². The van der Waals surface area contributed by atoms with Gasteiger partial charge in [-0.05, 0) is 24.0 Å². The molecule has 0 saturated carbocycles. The summed E-state index contributed by atoms with van der Waals surface area (Å²) in [5.41, 5.74) is 1.37. The SMILES string of the molecule is CCCCc1ccc(C(O)C(C(=O)OC)C(F)F)cc1. The Kier molecular flexibility index (Phi) is 6.58. The average Bonchev–Trinajstić information content (AvgIpc) is 2.45. The van der Waals surface area contributed by atoms with Crippen LogP contribution in [-0.4, -0.2) is 24.6 Å². The van der Waals surface area contributed by atoms with Gasteiger partial charge in [-0.2, -0.15) is 0 Å². The fraction of sp³-hybridized carbons (Fsp3) is 0.533. The van der Waals surface area contributed by atoms with E-state index in [0.717, 1.165) is 31.9 Å². The Hall–Kier alpha value is -1.49. The number of hydrogen-bond donors (Lipinski definition) is 1. The molecule has 0 radical (unpaired) electrons. The highest BCUT2D eigenvalue weighted by Crippen LogP contribution is 2.28. The first kappa shape index (κ1) is 16.6. The van der Waals surface area contributed by atoms with Crippen molar-refractivity contribution in [2.45, 2.75) is 38.7 Å². The van der Waals surface area contributed by atoms with Gasteiger partial charge in [0.1, 0.15) is 5.92 Å². The Bertz CT molecular complexity index is 418. The van der Waals surface area contributed by atoms with E-state index < -0.39 is 24.4 Å². The first-order valence-corrected chi connectivity index (χ1v) is 6.64. The number of esters is 1. The summed E-state index contributed by atoms with van der Waals surface area (Å²) in [5, 5.41) is 9.94. The molecule has 2 atom stereocenters. The van der Waals surface area contributed by atoms with Crippen molar-refractivity contribution in [3.05, 3.63) is 35.4 Å². The van der Waals surface area contributed by atoms with E-state index in [1.54, 1.807) is 24.3 Å². The zero-order valence-electron chi connectivity index (χ0n) is 11.7. The maximum atomic E-state index is 12.9. The summed E-state index contributed by atoms with van der Waals surface area (Å²) in [5.74, 6) is -2.97. The number of aryl methyl sites for hydroxylation is 1. The third kappa shape index (κ3) is 4.27. The van der Waals surface area contributed by atoms with E-state index in [-0.39, 0.29) is 0 Å². The number of alkyl halides is 2. The van der Waals surface area contributed by atoms with Crippen LogP contribution in [0, 0.1) is 5.92 Å². The summed E-state index contributed by atoms with van der Waals surface area (Å²) in [6, 6.07) is 6.73. The Balaban J connectivity index is 2.84. The van der Waals surface area contributed by atoms with Gasteiger partial charge in [0.2, 0.25) is 0 Å². The lowest BCUT2D eigenvalue weighted by atomic mass is 9.94. The average molecular weight is 286 g/mol. The van der Waals surface area contributed by atoms with Crippen molar-refractivity contribution in [2.75, 3.05) is 7.11 Å². The lowest BCUT2D eigenvalue weighted by Gasteiger charge is -2.20. The van der Waals surface area contributed by atoms with Gasteiger partial charge in [-0.1, -0.05) is 37.6 Å². The maximum Gasteiger partial charge on any atom is 0.317 e. The number of carbonyl (C=O) groups is 1. The lowest BCUT2D eigenvalue weighted by Crippen LogP contribution is -2.30. The molecule has 3 nitrogen and oxygen atoms in total. The third-order valence-corrected chi connectivity index (χ3v) is 3.23. The van der Waals surface area contributed by atoms with Gasteiger partial charge >= 0.3 is 5.97 Å². The fourth-order valence-electron chi connectivity index (χ4n) is 1.98. The quantitative estimate of drug-likeness (QED) is 0.783. The van der Waals surface area contributed by atoms with Crippen LogP contribution in [0.2, 0.25) is 0 Å². The van der Waals surface area contributed by atoms with E-state index in [0.29, 0.717) is 5.56 Å². The largest absolute Gasteiger partial charge is 0.469 e. The van der Waals surface area contributed by atoms with Gasteiger partial charge in [0.25, 0.3) is 6.43 Å². The summed E-state index contributed by atoms with van der Waals surface area (Å²) < 4.78 is 30.0. The topological polar surface area (TPSA) is 46.5 Å². The highest BCUT2D eigenvalue weighted by atomic mass is 19.3. The second-order valence-electron chi connectivity index (χ2n) is 4.67. The number of aliphatic hydroxyl groups excluding tert-OH is 1. The molecule has 0 aliphatic rings. The summed E-state index contributed by atoms with van der Waals surface area (Å²) in [4.78, 5) is 11.3. The number of hydrogen-bond acceptors (Lipinski definition) is 3. The number of aliphatic hydroxyl groups is 1. The normalized spacial score (nSPS) is 14.1. The Morgan fingerprint density at radius 3 is 2.35 bits per heavy atom. The molecule has 0 bridgehead atoms. The number of rotatable bonds is 7. The minimum atomic E-state index is -2.97. The van der Waals surface area contributed by atoms with Gasteiger partial charge in [-0.15, -0.1) is 0 Å². The van der Waals surface area contributed by atoms with Gasteiger partial charge in [0.15, 0.2) is 0 Å². The zero-order valence-corrected chi connectivity index (χ0v) is 11.7. The van der Waals surface area contributed by atoms with Crippen molar-refractivity contribution < 1.29 is 23.4 Å². The van der Waals surface area contributed by atoms with Crippen LogP contribution >= 0.6 is 0 Å². The van der Waals surface area contributed by atoms with Crippen molar-refractivity contribution in [1.29, 1.82) is 0 Å². The molecule has 0 saturated heterocycles. The van der Waals surface area contributed by atoms with Crippen LogP contribution in [0.1, 0.15) is 37.0 Å². The van der Waals surface area contributed by atoms with Crippen LogP contribution in [0.4, 0.5) is 8.78 Å². The molecular weight excluding hydrogens is 266 g/mol. The monoisotopic (exact) mass is 286 g/mol. The van der Waals surface area contributed by atoms with Gasteiger partial charge in [0, 0.05) is 0 Å². The molecule has 0 fully saturated rings. The lowest BCUT2D eigenvalue weighted by molar-refractivity contribution is -0.157. The molecule has 2 unspecified atom stereocenters. The first-order chi connectivity index (χ1) is 9.51. The molecule has 0 heterocycles. The van der Waals surface area contributed by atoms with Crippen LogP contribution in [0.5, 0.6) is 0 Å². The number of methoxy groups -OCH3 is 1. The van der Waals surface area contributed by atoms with Crippen molar-refractivity contribution in [1.82, 2.24) is 0 Å². The van der Waals surface area contributed by atoms with E-state index >= 15 is 0 Å². The second-order valence-corrected chi connectivity index (χ2v) is 4.67. The molecule has 0 amide bonds. The summed E-state index contributed by atoms with van der Waals surface area (Å²) in [6.45, 7) is 2.09. The number of ether oxygens (including phenoxy) is 1. The first-order valence-electron chi connectivity index (χ1n) is 6.64. The van der Waals surface area contributed by atoms with Crippen LogP contribution in [0.3, 0.4) is 0 Å². The van der Waals surface area contributed by atoms with Crippen LogP contribution in [-0.2, 0) is 16.0 Å². The molecule has 1 rings (SSSR count). The fourth-order valence-corrected chi connectivity index (χ4v) is 1.98. The standard InChI is InChI=1S/C15H20F2O3/c1-3-4-5-10-6-8-11(9-7-10)13(18)12(14(16)17)15(19)20-2/h6-9,12-14,18H,3-5H2,1-2H3. The van der Waals surface area contributed by atoms with Crippen LogP contribution in [0.25, 0.3) is 0 Å². The van der Waals surface area contributed by atoms with Crippen LogP contribution < -0.4 is 0 Å². The van der Waals surface area contributed by atoms with E-state index in [9.17, 15) is 18.7 Å². The molecule has 1 aromatic rings. The van der Waals surface area contributed by atoms with Crippen molar-refractivity contribution in [3.63, 3.8) is 0 Å². The number of unbranched alkanes of at least 4 members (excludes halogenated alkanes) is 1. The van der Waals surface area contributed by atoms with Crippen molar-refractivity contribution >= 4 is 5.97 Å². The molecule has 1 aromatic carbocycles. The minimum Gasteiger partial charge on any atom is -0.469 e. The summed E-state index contributed by atoms with van der Waals surface area (Å²) in [7, 11) is 1.03. The number of carbonyl (C=O) groups excluding carboxylic acids is 1. The Morgan fingerprint density at radius 2 is 1.90 bits per heavy atom. The van der Waals surface area contributed by atoms with E-state index in [4.69, 9.17) is 0 Å². The molecule has 1 N–H and O–H groups in total. The van der Waals surface area contributed by atoms with Gasteiger partial charge in [0.05, 0.1) is 13.2 Å². The molecule has 0 aliphatic heterocycles. The van der Waals surface area contributed by atoms with E-state index in [2.05, 4.69) is 11.7 Å². The van der Waals surface area contributed by atoms with Gasteiger partial charge in [-0.25, -0.2) is 8.78 Å². The van der Waals surface area contributed by atoms with Crippen LogP contribution in [0.15, 0.2) is 24.3 Å². The highest BCUT2D eigenvalue weighted by molar-refractivity contribution is 5.73. The summed E-state index contributed by atoms with van der Waals surface area (Å²) in [6.07, 6.45) is -1.52. The predicted octanol–water partition coefficient (Wildman–Crippen LogP) is 3.12. The van der Waals surface area contributed by atoms with Gasteiger partial charge in [-0.3, -0.25) is 4.79 Å². The molecule has 0 aromatic heterocycles. The molecule has 0 aliphatic carbocycles. The molecule has 112 valence electrons. The summed E-state index contributed by atoms with van der Waals surface area (Å²) >= 11 is 0. The Labute approximate surface area is 117 Å².